The number of sulfonamides is 1. The molecule has 1 unspecified atom stereocenters. The van der Waals surface area contributed by atoms with Crippen molar-refractivity contribution in [1.82, 2.24) is 10.2 Å². The van der Waals surface area contributed by atoms with E-state index in [-0.39, 0.29) is 34.8 Å². The Bertz CT molecular complexity index is 1610. The van der Waals surface area contributed by atoms with Crippen LogP contribution in [-0.4, -0.2) is 58.0 Å². The van der Waals surface area contributed by atoms with Gasteiger partial charge >= 0.3 is 0 Å². The summed E-state index contributed by atoms with van der Waals surface area (Å²) in [4.78, 5) is 28.9. The molecule has 0 saturated heterocycles. The maximum Gasteiger partial charge on any atom is 0.264 e. The Kier molecular flexibility index (Phi) is 11.9. The SMILES string of the molecule is COc1ccc(S(=O)(=O)N(CC(=O)N(Cc2ccc(Cl)c(Cl)c2)C(C)C(=O)NC2CCCCC2)c2ccc(Cl)cc2)cc1OC. The maximum atomic E-state index is 14.2. The van der Waals surface area contributed by atoms with Crippen molar-refractivity contribution in [3.05, 3.63) is 81.3 Å². The number of nitrogens with one attached hydrogen (secondary N) is 1. The summed E-state index contributed by atoms with van der Waals surface area (Å²) >= 11 is 18.5. The van der Waals surface area contributed by atoms with Crippen molar-refractivity contribution < 1.29 is 27.5 Å². The van der Waals surface area contributed by atoms with E-state index >= 15 is 0 Å². The van der Waals surface area contributed by atoms with Crippen LogP contribution in [0, 0.1) is 0 Å². The molecule has 1 saturated carbocycles. The zero-order valence-corrected chi connectivity index (χ0v) is 28.3. The van der Waals surface area contributed by atoms with E-state index < -0.39 is 28.5 Å². The van der Waals surface area contributed by atoms with Gasteiger partial charge in [-0.1, -0.05) is 60.1 Å². The summed E-state index contributed by atoms with van der Waals surface area (Å²) in [6, 6.07) is 14.3. The number of hydrogen-bond acceptors (Lipinski definition) is 6. The average molecular weight is 697 g/mol. The summed E-state index contributed by atoms with van der Waals surface area (Å²) in [5.74, 6) is -0.381. The molecule has 3 aromatic rings. The second-order valence-electron chi connectivity index (χ2n) is 10.8. The van der Waals surface area contributed by atoms with Crippen LogP contribution in [0.15, 0.2) is 65.6 Å². The van der Waals surface area contributed by atoms with Crippen molar-refractivity contribution in [3.63, 3.8) is 0 Å². The molecule has 0 aromatic heterocycles. The molecule has 13 heteroatoms. The average Bonchev–Trinajstić information content (AvgIpc) is 3.04. The summed E-state index contributed by atoms with van der Waals surface area (Å²) in [7, 11) is -1.50. The van der Waals surface area contributed by atoms with E-state index in [0.717, 1.165) is 36.4 Å². The maximum absolute atomic E-state index is 14.2. The number of carbonyl (C=O) groups is 2. The van der Waals surface area contributed by atoms with Gasteiger partial charge in [-0.15, -0.1) is 0 Å². The standard InChI is InChI=1S/C32H36Cl3N3O6S/c1-21(32(40)36-24-7-5-4-6-8-24)37(19-22-9-15-27(34)28(35)17-22)31(39)20-38(25-12-10-23(33)11-13-25)45(41,42)26-14-16-29(43-2)30(18-26)44-3/h9-18,21,24H,4-8,19-20H2,1-3H3,(H,36,40). The third-order valence-corrected chi connectivity index (χ3v) is 10.6. The van der Waals surface area contributed by atoms with Gasteiger partial charge in [0.05, 0.1) is 34.8 Å². The molecule has 0 spiro atoms. The summed E-state index contributed by atoms with van der Waals surface area (Å²) in [6.45, 7) is 1.00. The number of nitrogens with zero attached hydrogens (tertiary/aromatic N) is 2. The van der Waals surface area contributed by atoms with Crippen LogP contribution < -0.4 is 19.1 Å². The quantitative estimate of drug-likeness (QED) is 0.225. The van der Waals surface area contributed by atoms with Gasteiger partial charge < -0.3 is 19.7 Å². The van der Waals surface area contributed by atoms with Crippen molar-refractivity contribution in [2.75, 3.05) is 25.1 Å². The number of benzene rings is 3. The van der Waals surface area contributed by atoms with Crippen LogP contribution in [0.4, 0.5) is 5.69 Å². The normalized spacial score (nSPS) is 14.4. The molecule has 45 heavy (non-hydrogen) atoms. The Morgan fingerprint density at radius 1 is 0.889 bits per heavy atom. The molecule has 1 N–H and O–H groups in total. The van der Waals surface area contributed by atoms with Crippen LogP contribution >= 0.6 is 34.8 Å². The van der Waals surface area contributed by atoms with Gasteiger partial charge in [0.25, 0.3) is 10.0 Å². The molecule has 1 fully saturated rings. The highest BCUT2D eigenvalue weighted by Gasteiger charge is 2.34. The Morgan fingerprint density at radius 3 is 2.18 bits per heavy atom. The van der Waals surface area contributed by atoms with Crippen molar-refractivity contribution in [3.8, 4) is 11.5 Å². The van der Waals surface area contributed by atoms with Crippen LogP contribution in [0.1, 0.15) is 44.6 Å². The summed E-state index contributed by atoms with van der Waals surface area (Å²) in [5, 5.41) is 4.11. The summed E-state index contributed by atoms with van der Waals surface area (Å²) in [6.07, 6.45) is 4.91. The van der Waals surface area contributed by atoms with Crippen LogP contribution in [-0.2, 0) is 26.2 Å². The number of rotatable bonds is 12. The minimum absolute atomic E-state index is 0.0140. The first-order chi connectivity index (χ1) is 21.4. The highest BCUT2D eigenvalue weighted by atomic mass is 35.5. The Balaban J connectivity index is 1.71. The first kappa shape index (κ1) is 34.7. The largest absolute Gasteiger partial charge is 0.493 e. The second kappa shape index (κ2) is 15.4. The predicted molar refractivity (Wildman–Crippen MR) is 177 cm³/mol. The smallest absolute Gasteiger partial charge is 0.264 e. The lowest BCUT2D eigenvalue weighted by Gasteiger charge is -2.33. The Hall–Kier alpha value is -3.18. The molecular weight excluding hydrogens is 661 g/mol. The molecule has 0 bridgehead atoms. The Labute approximate surface area is 279 Å². The van der Waals surface area contributed by atoms with E-state index in [1.54, 1.807) is 25.1 Å². The van der Waals surface area contributed by atoms with Crippen LogP contribution in [0.25, 0.3) is 0 Å². The first-order valence-corrected chi connectivity index (χ1v) is 17.1. The van der Waals surface area contributed by atoms with Gasteiger partial charge in [-0.25, -0.2) is 8.42 Å². The van der Waals surface area contributed by atoms with Gasteiger partial charge in [0.2, 0.25) is 11.8 Å². The first-order valence-electron chi connectivity index (χ1n) is 14.5. The highest BCUT2D eigenvalue weighted by Crippen LogP contribution is 2.33. The van der Waals surface area contributed by atoms with Gasteiger partial charge in [0.1, 0.15) is 12.6 Å². The Morgan fingerprint density at radius 2 is 1.56 bits per heavy atom. The molecule has 0 radical (unpaired) electrons. The minimum Gasteiger partial charge on any atom is -0.493 e. The zero-order valence-electron chi connectivity index (χ0n) is 25.3. The zero-order chi connectivity index (χ0) is 32.7. The van der Waals surface area contributed by atoms with E-state index in [9.17, 15) is 18.0 Å². The van der Waals surface area contributed by atoms with Crippen LogP contribution in [0.3, 0.4) is 0 Å². The van der Waals surface area contributed by atoms with Crippen molar-refractivity contribution in [1.29, 1.82) is 0 Å². The third-order valence-electron chi connectivity index (χ3n) is 7.79. The molecular formula is C32H36Cl3N3O6S. The summed E-state index contributed by atoms with van der Waals surface area (Å²) in [5.41, 5.74) is 0.826. The molecule has 242 valence electrons. The highest BCUT2D eigenvalue weighted by molar-refractivity contribution is 7.92. The molecule has 1 atom stereocenters. The molecule has 2 amide bonds. The molecule has 1 aliphatic carbocycles. The number of ether oxygens (including phenoxy) is 2. The number of anilines is 1. The fourth-order valence-corrected chi connectivity index (χ4v) is 7.10. The van der Waals surface area contributed by atoms with Crippen LogP contribution in [0.5, 0.6) is 11.5 Å². The molecule has 0 aliphatic heterocycles. The number of hydrogen-bond donors (Lipinski definition) is 1. The lowest BCUT2D eigenvalue weighted by Crippen LogP contribution is -2.53. The van der Waals surface area contributed by atoms with E-state index in [0.29, 0.717) is 26.4 Å². The van der Waals surface area contributed by atoms with E-state index in [1.807, 2.05) is 0 Å². The van der Waals surface area contributed by atoms with Crippen molar-refractivity contribution in [2.45, 2.75) is 62.6 Å². The monoisotopic (exact) mass is 695 g/mol. The fraction of sp³-hybridized carbons (Fsp3) is 0.375. The molecule has 9 nitrogen and oxygen atoms in total. The molecule has 0 heterocycles. The van der Waals surface area contributed by atoms with Crippen molar-refractivity contribution >= 4 is 62.3 Å². The summed E-state index contributed by atoms with van der Waals surface area (Å²) < 4.78 is 39.9. The third kappa shape index (κ3) is 8.55. The molecule has 3 aromatic carbocycles. The number of halogens is 3. The van der Waals surface area contributed by atoms with E-state index in [2.05, 4.69) is 5.32 Å². The van der Waals surface area contributed by atoms with Crippen molar-refractivity contribution in [2.24, 2.45) is 0 Å². The molecule has 1 aliphatic rings. The van der Waals surface area contributed by atoms with Gasteiger partial charge in [-0.3, -0.25) is 13.9 Å². The van der Waals surface area contributed by atoms with E-state index in [4.69, 9.17) is 44.3 Å². The fourth-order valence-electron chi connectivity index (χ4n) is 5.23. The lowest BCUT2D eigenvalue weighted by atomic mass is 9.95. The minimum atomic E-state index is -4.34. The van der Waals surface area contributed by atoms with Crippen LogP contribution in [0.2, 0.25) is 15.1 Å². The number of amides is 2. The predicted octanol–water partition coefficient (Wildman–Crippen LogP) is 6.73. The second-order valence-corrected chi connectivity index (χ2v) is 13.9. The van der Waals surface area contributed by atoms with Gasteiger partial charge in [-0.2, -0.15) is 0 Å². The molecule has 4 rings (SSSR count). The van der Waals surface area contributed by atoms with Gasteiger partial charge in [0, 0.05) is 23.7 Å². The topological polar surface area (TPSA) is 105 Å². The van der Waals surface area contributed by atoms with Gasteiger partial charge in [0.15, 0.2) is 11.5 Å². The number of methoxy groups -OCH3 is 2. The van der Waals surface area contributed by atoms with Gasteiger partial charge in [-0.05, 0) is 73.9 Å². The lowest BCUT2D eigenvalue weighted by molar-refractivity contribution is -0.139. The van der Waals surface area contributed by atoms with E-state index in [1.165, 1.54) is 61.6 Å². The number of carbonyl (C=O) groups excluding carboxylic acids is 2.